The SMILES string of the molecule is CCN(CC)c1ccc(/C=C(\C#N)C(=O)NCC2CCCO2)cc1. The van der Waals surface area contributed by atoms with E-state index in [1.807, 2.05) is 30.3 Å². The number of nitrogens with zero attached hydrogens (tertiary/aromatic N) is 2. The number of nitrogens with one attached hydrogen (secondary N) is 1. The molecular weight excluding hydrogens is 302 g/mol. The van der Waals surface area contributed by atoms with Crippen molar-refractivity contribution in [3.05, 3.63) is 35.4 Å². The van der Waals surface area contributed by atoms with Gasteiger partial charge in [0.05, 0.1) is 6.10 Å². The number of anilines is 1. The van der Waals surface area contributed by atoms with E-state index in [4.69, 9.17) is 4.74 Å². The van der Waals surface area contributed by atoms with E-state index in [0.717, 1.165) is 43.8 Å². The Hall–Kier alpha value is -2.32. The lowest BCUT2D eigenvalue weighted by Crippen LogP contribution is -2.32. The molecule has 1 aromatic rings. The number of carbonyl (C=O) groups is 1. The molecule has 1 N–H and O–H groups in total. The van der Waals surface area contributed by atoms with Gasteiger partial charge in [-0.3, -0.25) is 4.79 Å². The summed E-state index contributed by atoms with van der Waals surface area (Å²) in [7, 11) is 0. The van der Waals surface area contributed by atoms with E-state index in [1.165, 1.54) is 0 Å². The Bertz CT molecular complexity index is 606. The molecule has 1 fully saturated rings. The number of benzene rings is 1. The quantitative estimate of drug-likeness (QED) is 0.618. The molecule has 0 aliphatic carbocycles. The van der Waals surface area contributed by atoms with Crippen molar-refractivity contribution in [1.29, 1.82) is 5.26 Å². The first-order valence-corrected chi connectivity index (χ1v) is 8.54. The van der Waals surface area contributed by atoms with E-state index in [0.29, 0.717) is 6.54 Å². The molecule has 2 rings (SSSR count). The van der Waals surface area contributed by atoms with Gasteiger partial charge in [-0.1, -0.05) is 12.1 Å². The van der Waals surface area contributed by atoms with E-state index >= 15 is 0 Å². The minimum atomic E-state index is -0.346. The molecule has 1 aliphatic heterocycles. The zero-order chi connectivity index (χ0) is 17.4. The van der Waals surface area contributed by atoms with Crippen LogP contribution in [-0.2, 0) is 9.53 Å². The summed E-state index contributed by atoms with van der Waals surface area (Å²) in [6.45, 7) is 7.33. The molecule has 1 aromatic carbocycles. The highest BCUT2D eigenvalue weighted by Crippen LogP contribution is 2.17. The minimum absolute atomic E-state index is 0.0715. The first-order chi connectivity index (χ1) is 11.7. The van der Waals surface area contributed by atoms with Crippen molar-refractivity contribution < 1.29 is 9.53 Å². The van der Waals surface area contributed by atoms with Gasteiger partial charge in [-0.2, -0.15) is 5.26 Å². The Kier molecular flexibility index (Phi) is 6.83. The van der Waals surface area contributed by atoms with Gasteiger partial charge in [0.15, 0.2) is 0 Å². The zero-order valence-electron chi connectivity index (χ0n) is 14.4. The molecule has 1 heterocycles. The van der Waals surface area contributed by atoms with Gasteiger partial charge in [-0.15, -0.1) is 0 Å². The minimum Gasteiger partial charge on any atom is -0.376 e. The molecule has 1 amide bonds. The fourth-order valence-corrected chi connectivity index (χ4v) is 2.79. The molecule has 5 heteroatoms. The van der Waals surface area contributed by atoms with Crippen molar-refractivity contribution in [3.8, 4) is 6.07 Å². The fraction of sp³-hybridized carbons (Fsp3) is 0.474. The van der Waals surface area contributed by atoms with Crippen molar-refractivity contribution in [2.24, 2.45) is 0 Å². The molecule has 1 unspecified atom stereocenters. The van der Waals surface area contributed by atoms with Crippen LogP contribution in [0.5, 0.6) is 0 Å². The number of ether oxygens (including phenoxy) is 1. The molecule has 1 atom stereocenters. The van der Waals surface area contributed by atoms with Gasteiger partial charge in [-0.05, 0) is 50.5 Å². The maximum absolute atomic E-state index is 12.1. The van der Waals surface area contributed by atoms with E-state index in [9.17, 15) is 10.1 Å². The van der Waals surface area contributed by atoms with Crippen molar-refractivity contribution >= 4 is 17.7 Å². The second-order valence-electron chi connectivity index (χ2n) is 5.78. The van der Waals surface area contributed by atoms with Crippen LogP contribution in [0.4, 0.5) is 5.69 Å². The standard InChI is InChI=1S/C19H25N3O2/c1-3-22(4-2)17-9-7-15(8-10-17)12-16(13-20)19(23)21-14-18-6-5-11-24-18/h7-10,12,18H,3-6,11,14H2,1-2H3,(H,21,23)/b16-12+. The highest BCUT2D eigenvalue weighted by atomic mass is 16.5. The third kappa shape index (κ3) is 4.84. The fourth-order valence-electron chi connectivity index (χ4n) is 2.79. The Morgan fingerprint density at radius 1 is 1.38 bits per heavy atom. The number of hydrogen-bond donors (Lipinski definition) is 1. The van der Waals surface area contributed by atoms with Crippen LogP contribution in [0.25, 0.3) is 6.08 Å². The topological polar surface area (TPSA) is 65.4 Å². The predicted molar refractivity (Wildman–Crippen MR) is 95.6 cm³/mol. The summed E-state index contributed by atoms with van der Waals surface area (Å²) in [6.07, 6.45) is 3.68. The second-order valence-corrected chi connectivity index (χ2v) is 5.78. The first kappa shape index (κ1) is 18.0. The molecule has 24 heavy (non-hydrogen) atoms. The molecular formula is C19H25N3O2. The lowest BCUT2D eigenvalue weighted by atomic mass is 10.1. The number of hydrogen-bond acceptors (Lipinski definition) is 4. The molecule has 1 aliphatic rings. The maximum atomic E-state index is 12.1. The predicted octanol–water partition coefficient (Wildman–Crippen LogP) is 2.73. The van der Waals surface area contributed by atoms with Crippen molar-refractivity contribution in [2.75, 3.05) is 31.1 Å². The number of carbonyl (C=O) groups excluding carboxylic acids is 1. The Morgan fingerprint density at radius 2 is 2.08 bits per heavy atom. The van der Waals surface area contributed by atoms with E-state index in [1.54, 1.807) is 6.08 Å². The van der Waals surface area contributed by atoms with Crippen LogP contribution >= 0.6 is 0 Å². The van der Waals surface area contributed by atoms with Crippen LogP contribution in [0.1, 0.15) is 32.3 Å². The van der Waals surface area contributed by atoms with Crippen LogP contribution in [0.15, 0.2) is 29.8 Å². The average Bonchev–Trinajstić information content (AvgIpc) is 3.13. The largest absolute Gasteiger partial charge is 0.376 e. The van der Waals surface area contributed by atoms with Crippen LogP contribution in [0, 0.1) is 11.3 Å². The highest BCUT2D eigenvalue weighted by Gasteiger charge is 2.17. The molecule has 0 spiro atoms. The zero-order valence-corrected chi connectivity index (χ0v) is 14.4. The van der Waals surface area contributed by atoms with Crippen LogP contribution < -0.4 is 10.2 Å². The van der Waals surface area contributed by atoms with E-state index < -0.39 is 0 Å². The summed E-state index contributed by atoms with van der Waals surface area (Å²) in [4.78, 5) is 14.4. The summed E-state index contributed by atoms with van der Waals surface area (Å²) >= 11 is 0. The van der Waals surface area contributed by atoms with Gasteiger partial charge in [-0.25, -0.2) is 0 Å². The van der Waals surface area contributed by atoms with Gasteiger partial charge >= 0.3 is 0 Å². The number of amides is 1. The summed E-state index contributed by atoms with van der Waals surface area (Å²) in [5, 5.41) is 12.0. The highest BCUT2D eigenvalue weighted by molar-refractivity contribution is 6.01. The lowest BCUT2D eigenvalue weighted by Gasteiger charge is -2.20. The molecule has 0 aromatic heterocycles. The number of nitriles is 1. The van der Waals surface area contributed by atoms with Crippen molar-refractivity contribution in [1.82, 2.24) is 5.32 Å². The Morgan fingerprint density at radius 3 is 2.62 bits per heavy atom. The summed E-state index contributed by atoms with van der Waals surface area (Å²) in [6, 6.07) is 9.87. The summed E-state index contributed by atoms with van der Waals surface area (Å²) in [5.74, 6) is -0.346. The van der Waals surface area contributed by atoms with Crippen LogP contribution in [-0.4, -0.2) is 38.3 Å². The second kappa shape index (κ2) is 9.09. The molecule has 0 radical (unpaired) electrons. The van der Waals surface area contributed by atoms with Crippen LogP contribution in [0.2, 0.25) is 0 Å². The molecule has 0 bridgehead atoms. The van der Waals surface area contributed by atoms with Gasteiger partial charge in [0, 0.05) is 31.9 Å². The Labute approximate surface area is 143 Å². The molecule has 0 saturated carbocycles. The molecule has 1 saturated heterocycles. The maximum Gasteiger partial charge on any atom is 0.262 e. The van der Waals surface area contributed by atoms with Gasteiger partial charge < -0.3 is 15.0 Å². The van der Waals surface area contributed by atoms with Crippen LogP contribution in [0.3, 0.4) is 0 Å². The lowest BCUT2D eigenvalue weighted by molar-refractivity contribution is -0.117. The van der Waals surface area contributed by atoms with Crippen molar-refractivity contribution in [2.45, 2.75) is 32.8 Å². The average molecular weight is 327 g/mol. The third-order valence-corrected chi connectivity index (χ3v) is 4.21. The Balaban J connectivity index is 2.00. The molecule has 128 valence electrons. The van der Waals surface area contributed by atoms with Crippen molar-refractivity contribution in [3.63, 3.8) is 0 Å². The van der Waals surface area contributed by atoms with Gasteiger partial charge in [0.1, 0.15) is 11.6 Å². The first-order valence-electron chi connectivity index (χ1n) is 8.54. The van der Waals surface area contributed by atoms with Gasteiger partial charge in [0.2, 0.25) is 0 Å². The van der Waals surface area contributed by atoms with Gasteiger partial charge in [0.25, 0.3) is 5.91 Å². The van der Waals surface area contributed by atoms with E-state index in [2.05, 4.69) is 24.1 Å². The number of rotatable bonds is 7. The third-order valence-electron chi connectivity index (χ3n) is 4.21. The normalized spacial score (nSPS) is 17.4. The smallest absolute Gasteiger partial charge is 0.262 e. The monoisotopic (exact) mass is 327 g/mol. The summed E-state index contributed by atoms with van der Waals surface area (Å²) < 4.78 is 5.47. The molecule has 5 nitrogen and oxygen atoms in total. The summed E-state index contributed by atoms with van der Waals surface area (Å²) in [5.41, 5.74) is 2.09. The van der Waals surface area contributed by atoms with E-state index in [-0.39, 0.29) is 17.6 Å².